The van der Waals surface area contributed by atoms with Gasteiger partial charge in [-0.05, 0) is 26.0 Å². The van der Waals surface area contributed by atoms with E-state index in [1.54, 1.807) is 6.33 Å². The van der Waals surface area contributed by atoms with E-state index in [1.165, 1.54) is 0 Å². The number of hydrogen-bond acceptors (Lipinski definition) is 5. The van der Waals surface area contributed by atoms with E-state index < -0.39 is 0 Å². The van der Waals surface area contributed by atoms with Crippen molar-refractivity contribution >= 4 is 5.91 Å². The Balaban J connectivity index is 1.58. The highest BCUT2D eigenvalue weighted by atomic mass is 16.5. The molecule has 1 saturated heterocycles. The molecule has 7 nitrogen and oxygen atoms in total. The van der Waals surface area contributed by atoms with Crippen LogP contribution in [0.5, 0.6) is 0 Å². The van der Waals surface area contributed by atoms with Gasteiger partial charge in [-0.15, -0.1) is 10.2 Å². The third-order valence-corrected chi connectivity index (χ3v) is 4.07. The summed E-state index contributed by atoms with van der Waals surface area (Å²) in [5, 5.41) is 8.07. The summed E-state index contributed by atoms with van der Waals surface area (Å²) in [6, 6.07) is 3.84. The molecule has 0 radical (unpaired) electrons. The molecular weight excluding hydrogens is 296 g/mol. The van der Waals surface area contributed by atoms with Crippen LogP contribution >= 0.6 is 0 Å². The fourth-order valence-electron chi connectivity index (χ4n) is 2.80. The molecule has 1 amide bonds. The summed E-state index contributed by atoms with van der Waals surface area (Å²) in [5.74, 6) is 2.63. The van der Waals surface area contributed by atoms with E-state index in [-0.39, 0.29) is 12.0 Å². The van der Waals surface area contributed by atoms with Gasteiger partial charge in [0.05, 0.1) is 13.2 Å². The summed E-state index contributed by atoms with van der Waals surface area (Å²) in [6.07, 6.45) is 2.56. The second-order valence-corrected chi connectivity index (χ2v) is 5.69. The standard InChI is InChI=1S/C16H22N4O3/c1-3-19-11-17-18-16(19)14-10-20(8-9-22-14)15(21)7-6-13-5-4-12(2)23-13/h4-5,11,14H,3,6-10H2,1-2H3/t14-/m1/s1. The first-order valence-electron chi connectivity index (χ1n) is 7.99. The summed E-state index contributed by atoms with van der Waals surface area (Å²) < 4.78 is 13.2. The normalized spacial score (nSPS) is 18.3. The molecule has 0 aromatic carbocycles. The van der Waals surface area contributed by atoms with Crippen LogP contribution in [0, 0.1) is 6.92 Å². The van der Waals surface area contributed by atoms with E-state index in [4.69, 9.17) is 9.15 Å². The quantitative estimate of drug-likeness (QED) is 0.839. The molecule has 1 fully saturated rings. The van der Waals surface area contributed by atoms with Crippen LogP contribution in [-0.4, -0.2) is 45.3 Å². The Kier molecular flexibility index (Phi) is 4.76. The zero-order chi connectivity index (χ0) is 16.2. The summed E-state index contributed by atoms with van der Waals surface area (Å²) in [7, 11) is 0. The molecule has 1 atom stereocenters. The van der Waals surface area contributed by atoms with Gasteiger partial charge in [0.1, 0.15) is 24.0 Å². The van der Waals surface area contributed by atoms with Gasteiger partial charge in [-0.25, -0.2) is 0 Å². The van der Waals surface area contributed by atoms with E-state index >= 15 is 0 Å². The van der Waals surface area contributed by atoms with Gasteiger partial charge >= 0.3 is 0 Å². The van der Waals surface area contributed by atoms with Crippen molar-refractivity contribution in [1.82, 2.24) is 19.7 Å². The van der Waals surface area contributed by atoms with Gasteiger partial charge in [0.2, 0.25) is 5.91 Å². The van der Waals surface area contributed by atoms with Gasteiger partial charge in [-0.3, -0.25) is 4.79 Å². The molecule has 2 aromatic rings. The van der Waals surface area contributed by atoms with Gasteiger partial charge in [0, 0.05) is 25.9 Å². The van der Waals surface area contributed by atoms with Crippen molar-refractivity contribution in [2.75, 3.05) is 19.7 Å². The highest BCUT2D eigenvalue weighted by molar-refractivity contribution is 5.76. The lowest BCUT2D eigenvalue weighted by Crippen LogP contribution is -2.43. The van der Waals surface area contributed by atoms with Crippen molar-refractivity contribution in [3.63, 3.8) is 0 Å². The smallest absolute Gasteiger partial charge is 0.223 e. The maximum Gasteiger partial charge on any atom is 0.223 e. The minimum atomic E-state index is -0.207. The van der Waals surface area contributed by atoms with Crippen molar-refractivity contribution in [3.05, 3.63) is 35.8 Å². The summed E-state index contributed by atoms with van der Waals surface area (Å²) in [5.41, 5.74) is 0. The van der Waals surface area contributed by atoms with Crippen LogP contribution in [0.15, 0.2) is 22.9 Å². The molecule has 7 heteroatoms. The number of hydrogen-bond donors (Lipinski definition) is 0. The number of aryl methyl sites for hydroxylation is 3. The van der Waals surface area contributed by atoms with E-state index in [0.717, 1.165) is 23.9 Å². The first-order valence-corrected chi connectivity index (χ1v) is 7.99. The number of carbonyl (C=O) groups is 1. The molecular formula is C16H22N4O3. The molecule has 23 heavy (non-hydrogen) atoms. The number of nitrogens with zero attached hydrogens (tertiary/aromatic N) is 4. The number of furan rings is 1. The van der Waals surface area contributed by atoms with Crippen LogP contribution in [0.2, 0.25) is 0 Å². The summed E-state index contributed by atoms with van der Waals surface area (Å²) >= 11 is 0. The Morgan fingerprint density at radius 1 is 1.43 bits per heavy atom. The monoisotopic (exact) mass is 318 g/mol. The summed E-state index contributed by atoms with van der Waals surface area (Å²) in [4.78, 5) is 14.3. The zero-order valence-electron chi connectivity index (χ0n) is 13.6. The fraction of sp³-hybridized carbons (Fsp3) is 0.562. The van der Waals surface area contributed by atoms with Crippen molar-refractivity contribution in [2.24, 2.45) is 0 Å². The van der Waals surface area contributed by atoms with Crippen molar-refractivity contribution in [2.45, 2.75) is 39.3 Å². The van der Waals surface area contributed by atoms with Crippen LogP contribution in [-0.2, 0) is 22.5 Å². The molecule has 0 bridgehead atoms. The average molecular weight is 318 g/mol. The summed E-state index contributed by atoms with van der Waals surface area (Å²) in [6.45, 7) is 6.38. The number of carbonyl (C=O) groups excluding carboxylic acids is 1. The number of rotatable bonds is 5. The molecule has 124 valence electrons. The maximum absolute atomic E-state index is 12.4. The lowest BCUT2D eigenvalue weighted by Gasteiger charge is -2.32. The lowest BCUT2D eigenvalue weighted by atomic mass is 10.2. The molecule has 0 aliphatic carbocycles. The van der Waals surface area contributed by atoms with E-state index in [2.05, 4.69) is 10.2 Å². The second-order valence-electron chi connectivity index (χ2n) is 5.69. The minimum absolute atomic E-state index is 0.120. The van der Waals surface area contributed by atoms with E-state index in [1.807, 2.05) is 35.4 Å². The molecule has 3 heterocycles. The van der Waals surface area contributed by atoms with Crippen LogP contribution < -0.4 is 0 Å². The molecule has 1 aliphatic rings. The largest absolute Gasteiger partial charge is 0.466 e. The van der Waals surface area contributed by atoms with Crippen molar-refractivity contribution in [3.8, 4) is 0 Å². The van der Waals surface area contributed by atoms with Gasteiger partial charge in [0.15, 0.2) is 5.82 Å². The molecule has 0 N–H and O–H groups in total. The van der Waals surface area contributed by atoms with Crippen LogP contribution in [0.3, 0.4) is 0 Å². The van der Waals surface area contributed by atoms with Crippen LogP contribution in [0.4, 0.5) is 0 Å². The maximum atomic E-state index is 12.4. The van der Waals surface area contributed by atoms with E-state index in [9.17, 15) is 4.79 Å². The number of morpholine rings is 1. The van der Waals surface area contributed by atoms with Crippen LogP contribution in [0.25, 0.3) is 0 Å². The van der Waals surface area contributed by atoms with Crippen molar-refractivity contribution in [1.29, 1.82) is 0 Å². The Morgan fingerprint density at radius 3 is 3.04 bits per heavy atom. The Morgan fingerprint density at radius 2 is 2.30 bits per heavy atom. The molecule has 0 spiro atoms. The zero-order valence-corrected chi connectivity index (χ0v) is 13.6. The SMILES string of the molecule is CCn1cnnc1[C@H]1CN(C(=O)CCc2ccc(C)o2)CCO1. The molecule has 0 unspecified atom stereocenters. The Bertz CT molecular complexity index is 664. The molecule has 0 saturated carbocycles. The Hall–Kier alpha value is -2.15. The topological polar surface area (TPSA) is 73.4 Å². The highest BCUT2D eigenvalue weighted by Crippen LogP contribution is 2.21. The molecule has 3 rings (SSSR count). The number of ether oxygens (including phenoxy) is 1. The minimum Gasteiger partial charge on any atom is -0.466 e. The predicted molar refractivity (Wildman–Crippen MR) is 82.7 cm³/mol. The first kappa shape index (κ1) is 15.7. The predicted octanol–water partition coefficient (Wildman–Crippen LogP) is 1.73. The highest BCUT2D eigenvalue weighted by Gasteiger charge is 2.28. The average Bonchev–Trinajstić information content (AvgIpc) is 3.21. The third-order valence-electron chi connectivity index (χ3n) is 4.07. The van der Waals surface area contributed by atoms with Gasteiger partial charge in [0.25, 0.3) is 0 Å². The Labute approximate surface area is 135 Å². The lowest BCUT2D eigenvalue weighted by molar-refractivity contribution is -0.139. The van der Waals surface area contributed by atoms with Crippen molar-refractivity contribution < 1.29 is 13.9 Å². The second kappa shape index (κ2) is 6.95. The van der Waals surface area contributed by atoms with Gasteiger partial charge in [-0.2, -0.15) is 0 Å². The van der Waals surface area contributed by atoms with E-state index in [0.29, 0.717) is 32.5 Å². The van der Waals surface area contributed by atoms with Gasteiger partial charge in [-0.1, -0.05) is 0 Å². The fourth-order valence-corrected chi connectivity index (χ4v) is 2.80. The van der Waals surface area contributed by atoms with Crippen LogP contribution in [0.1, 0.15) is 36.8 Å². The van der Waals surface area contributed by atoms with Gasteiger partial charge < -0.3 is 18.6 Å². The molecule has 2 aromatic heterocycles. The third kappa shape index (κ3) is 3.61. The molecule has 1 aliphatic heterocycles. The number of aromatic nitrogens is 3. The first-order chi connectivity index (χ1) is 11.2. The number of amides is 1.